The van der Waals surface area contributed by atoms with Crippen LogP contribution in [0.4, 0.5) is 11.4 Å². The minimum Gasteiger partial charge on any atom is -0.481 e. The van der Waals surface area contributed by atoms with Crippen molar-refractivity contribution in [3.05, 3.63) is 54.0 Å². The number of hydrogen-bond acceptors (Lipinski definition) is 7. The summed E-state index contributed by atoms with van der Waals surface area (Å²) < 4.78 is 10.7. The van der Waals surface area contributed by atoms with E-state index in [1.807, 2.05) is 30.5 Å². The van der Waals surface area contributed by atoms with Gasteiger partial charge in [0.2, 0.25) is 11.8 Å². The minimum atomic E-state index is 0.318. The average molecular weight is 448 g/mol. The fraction of sp³-hybridized carbons (Fsp3) is 0.423. The number of hydrogen-bond donors (Lipinski definition) is 1. The Kier molecular flexibility index (Phi) is 6.67. The molecular weight excluding hydrogens is 414 g/mol. The third-order valence-corrected chi connectivity index (χ3v) is 6.35. The van der Waals surface area contributed by atoms with E-state index in [0.717, 1.165) is 34.6 Å². The van der Waals surface area contributed by atoms with Crippen molar-refractivity contribution < 1.29 is 9.47 Å². The van der Waals surface area contributed by atoms with E-state index >= 15 is 0 Å². The number of methoxy groups -OCH3 is 2. The van der Waals surface area contributed by atoms with Gasteiger partial charge in [-0.3, -0.25) is 0 Å². The van der Waals surface area contributed by atoms with E-state index in [-0.39, 0.29) is 0 Å². The second kappa shape index (κ2) is 9.65. The molecule has 2 atom stereocenters. The number of nitrogens with zero attached hydrogens (tertiary/aromatic N) is 4. The van der Waals surface area contributed by atoms with Gasteiger partial charge in [-0.15, -0.1) is 0 Å². The predicted molar refractivity (Wildman–Crippen MR) is 132 cm³/mol. The summed E-state index contributed by atoms with van der Waals surface area (Å²) in [7, 11) is 3.27. The summed E-state index contributed by atoms with van der Waals surface area (Å²) in [5, 5.41) is 3.67. The normalized spacial score (nSPS) is 17.2. The molecule has 0 fully saturated rings. The van der Waals surface area contributed by atoms with Crippen molar-refractivity contribution in [1.29, 1.82) is 0 Å². The zero-order valence-electron chi connectivity index (χ0n) is 20.3. The largest absolute Gasteiger partial charge is 0.481 e. The molecule has 3 aromatic rings. The lowest BCUT2D eigenvalue weighted by molar-refractivity contribution is 0.397. The SMILES string of the molecule is CCC1C(C)c2nc(-c3cccnc3OC)cc(NCc3ccc(OC)nc3)c2N1C(C)C. The van der Waals surface area contributed by atoms with Gasteiger partial charge >= 0.3 is 0 Å². The molecule has 0 saturated heterocycles. The molecule has 4 heterocycles. The molecule has 4 rings (SSSR count). The maximum Gasteiger partial charge on any atom is 0.222 e. The van der Waals surface area contributed by atoms with Crippen molar-refractivity contribution in [1.82, 2.24) is 15.0 Å². The summed E-state index contributed by atoms with van der Waals surface area (Å²) >= 11 is 0. The summed E-state index contributed by atoms with van der Waals surface area (Å²) in [6.45, 7) is 9.68. The lowest BCUT2D eigenvalue weighted by Crippen LogP contribution is -2.38. The molecule has 1 aliphatic heterocycles. The Morgan fingerprint density at radius 1 is 1.12 bits per heavy atom. The summed E-state index contributed by atoms with van der Waals surface area (Å²) in [5.41, 5.74) is 6.21. The van der Waals surface area contributed by atoms with E-state index < -0.39 is 0 Å². The van der Waals surface area contributed by atoms with E-state index in [4.69, 9.17) is 14.5 Å². The topological polar surface area (TPSA) is 72.4 Å². The first-order chi connectivity index (χ1) is 16.0. The van der Waals surface area contributed by atoms with Crippen molar-refractivity contribution in [3.8, 4) is 23.0 Å². The van der Waals surface area contributed by atoms with Crippen LogP contribution < -0.4 is 19.7 Å². The molecule has 33 heavy (non-hydrogen) atoms. The van der Waals surface area contributed by atoms with Gasteiger partial charge in [-0.2, -0.15) is 0 Å². The van der Waals surface area contributed by atoms with Gasteiger partial charge in [0.25, 0.3) is 0 Å². The van der Waals surface area contributed by atoms with Crippen LogP contribution in [-0.2, 0) is 6.54 Å². The molecule has 0 aromatic carbocycles. The summed E-state index contributed by atoms with van der Waals surface area (Å²) in [6, 6.07) is 10.7. The van der Waals surface area contributed by atoms with E-state index in [2.05, 4.69) is 53.9 Å². The number of aromatic nitrogens is 3. The molecule has 2 unspecified atom stereocenters. The van der Waals surface area contributed by atoms with Crippen LogP contribution in [-0.4, -0.2) is 41.3 Å². The number of anilines is 2. The standard InChI is InChI=1S/C26H33N5O2/c1-7-22-17(4)24-25(31(22)16(2)3)21(28-14-18-10-11-23(32-5)29-15-18)13-20(30-24)19-9-8-12-27-26(19)33-6/h8-13,15-17,22H,7,14H2,1-6H3,(H,28,30). The molecule has 0 aliphatic carbocycles. The molecule has 7 nitrogen and oxygen atoms in total. The molecule has 0 radical (unpaired) electrons. The molecule has 1 N–H and O–H groups in total. The molecule has 1 aliphatic rings. The van der Waals surface area contributed by atoms with Crippen molar-refractivity contribution >= 4 is 11.4 Å². The first kappa shape index (κ1) is 22.8. The molecule has 0 spiro atoms. The highest BCUT2D eigenvalue weighted by Gasteiger charge is 2.39. The first-order valence-electron chi connectivity index (χ1n) is 11.5. The van der Waals surface area contributed by atoms with Crippen LogP contribution in [0.15, 0.2) is 42.7 Å². The van der Waals surface area contributed by atoms with Gasteiger partial charge < -0.3 is 19.7 Å². The van der Waals surface area contributed by atoms with Crippen LogP contribution in [0.5, 0.6) is 11.8 Å². The molecule has 0 amide bonds. The predicted octanol–water partition coefficient (Wildman–Crippen LogP) is 5.28. The maximum absolute atomic E-state index is 5.54. The van der Waals surface area contributed by atoms with E-state index in [1.54, 1.807) is 20.4 Å². The van der Waals surface area contributed by atoms with E-state index in [0.29, 0.717) is 36.3 Å². The Balaban J connectivity index is 1.80. The summed E-state index contributed by atoms with van der Waals surface area (Å²) in [5.74, 6) is 1.51. The maximum atomic E-state index is 5.54. The third kappa shape index (κ3) is 4.32. The highest BCUT2D eigenvalue weighted by Crippen LogP contribution is 2.48. The van der Waals surface area contributed by atoms with Crippen molar-refractivity contribution in [2.75, 3.05) is 24.4 Å². The van der Waals surface area contributed by atoms with Crippen LogP contribution in [0, 0.1) is 0 Å². The Labute approximate surface area is 196 Å². The van der Waals surface area contributed by atoms with Crippen LogP contribution in [0.25, 0.3) is 11.3 Å². The quantitative estimate of drug-likeness (QED) is 0.504. The van der Waals surface area contributed by atoms with Crippen LogP contribution in [0.1, 0.15) is 51.3 Å². The van der Waals surface area contributed by atoms with Crippen molar-refractivity contribution in [2.24, 2.45) is 0 Å². The van der Waals surface area contributed by atoms with Crippen LogP contribution in [0.2, 0.25) is 0 Å². The van der Waals surface area contributed by atoms with Crippen LogP contribution >= 0.6 is 0 Å². The Morgan fingerprint density at radius 3 is 2.58 bits per heavy atom. The van der Waals surface area contributed by atoms with Crippen LogP contribution in [0.3, 0.4) is 0 Å². The molecule has 174 valence electrons. The number of ether oxygens (including phenoxy) is 2. The zero-order chi connectivity index (χ0) is 23.5. The molecular formula is C26H33N5O2. The van der Waals surface area contributed by atoms with Gasteiger partial charge in [-0.1, -0.05) is 19.9 Å². The lowest BCUT2D eigenvalue weighted by Gasteiger charge is -2.33. The zero-order valence-corrected chi connectivity index (χ0v) is 20.3. The number of fused-ring (bicyclic) bond motifs is 1. The molecule has 3 aromatic heterocycles. The van der Waals surface area contributed by atoms with Gasteiger partial charge in [0.1, 0.15) is 0 Å². The van der Waals surface area contributed by atoms with Gasteiger partial charge in [0, 0.05) is 43.0 Å². The van der Waals surface area contributed by atoms with Gasteiger partial charge in [0.15, 0.2) is 0 Å². The number of pyridine rings is 3. The molecule has 7 heteroatoms. The highest BCUT2D eigenvalue weighted by molar-refractivity contribution is 5.82. The van der Waals surface area contributed by atoms with Crippen molar-refractivity contribution in [2.45, 2.75) is 58.7 Å². The van der Waals surface area contributed by atoms with E-state index in [1.165, 1.54) is 5.69 Å². The average Bonchev–Trinajstić information content (AvgIpc) is 3.14. The Morgan fingerprint density at radius 2 is 1.94 bits per heavy atom. The van der Waals surface area contributed by atoms with Gasteiger partial charge in [-0.25, -0.2) is 15.0 Å². The fourth-order valence-electron chi connectivity index (χ4n) is 4.78. The number of nitrogens with one attached hydrogen (secondary N) is 1. The number of rotatable bonds is 8. The van der Waals surface area contributed by atoms with Crippen molar-refractivity contribution in [3.63, 3.8) is 0 Å². The first-order valence-corrected chi connectivity index (χ1v) is 11.5. The Bertz CT molecular complexity index is 1100. The van der Waals surface area contributed by atoms with Gasteiger partial charge in [-0.05, 0) is 44.0 Å². The minimum absolute atomic E-state index is 0.318. The second-order valence-electron chi connectivity index (χ2n) is 8.68. The molecule has 0 saturated carbocycles. The molecule has 0 bridgehead atoms. The van der Waals surface area contributed by atoms with Gasteiger partial charge in [0.05, 0.1) is 42.5 Å². The lowest BCUT2D eigenvalue weighted by atomic mass is 9.98. The highest BCUT2D eigenvalue weighted by atomic mass is 16.5. The monoisotopic (exact) mass is 447 g/mol. The Hall–Kier alpha value is -3.35. The third-order valence-electron chi connectivity index (χ3n) is 6.35. The van der Waals surface area contributed by atoms with E-state index in [9.17, 15) is 0 Å². The summed E-state index contributed by atoms with van der Waals surface area (Å²) in [6.07, 6.45) is 4.64. The fourth-order valence-corrected chi connectivity index (χ4v) is 4.78. The summed E-state index contributed by atoms with van der Waals surface area (Å²) in [4.78, 5) is 16.4. The smallest absolute Gasteiger partial charge is 0.222 e. The second-order valence-corrected chi connectivity index (χ2v) is 8.68.